The maximum atomic E-state index is 11.2. The molecule has 0 fully saturated rings. The highest BCUT2D eigenvalue weighted by Gasteiger charge is 2.08. The third-order valence-corrected chi connectivity index (χ3v) is 1.90. The van der Waals surface area contributed by atoms with Crippen molar-refractivity contribution in [1.82, 2.24) is 5.32 Å². The fraction of sp³-hybridized carbons (Fsp3) is 0.818. The minimum absolute atomic E-state index is 0.0147. The van der Waals surface area contributed by atoms with Gasteiger partial charge < -0.3 is 19.8 Å². The largest absolute Gasteiger partial charge is 0.356 e. The van der Waals surface area contributed by atoms with Gasteiger partial charge in [0, 0.05) is 39.1 Å². The Balaban J connectivity index is 3.59. The van der Waals surface area contributed by atoms with Crippen molar-refractivity contribution in [1.29, 1.82) is 0 Å². The maximum absolute atomic E-state index is 11.2. The second kappa shape index (κ2) is 10.6. The summed E-state index contributed by atoms with van der Waals surface area (Å²) in [5.74, 6) is -0.0147. The number of amides is 1. The van der Waals surface area contributed by atoms with Crippen molar-refractivity contribution in [3.63, 3.8) is 0 Å². The number of carbonyl (C=O) groups excluding carboxylic acids is 1. The van der Waals surface area contributed by atoms with E-state index in [9.17, 15) is 4.79 Å². The third-order valence-electron chi connectivity index (χ3n) is 1.90. The number of ether oxygens (including phenoxy) is 2. The summed E-state index contributed by atoms with van der Waals surface area (Å²) in [5.41, 5.74) is 0. The summed E-state index contributed by atoms with van der Waals surface area (Å²) < 4.78 is 10.7. The zero-order valence-electron chi connectivity index (χ0n) is 10.2. The number of carbonyl (C=O) groups is 1. The molecule has 0 aliphatic carbocycles. The highest BCUT2D eigenvalue weighted by Crippen LogP contribution is 1.99. The van der Waals surface area contributed by atoms with Crippen LogP contribution in [0.2, 0.25) is 0 Å². The van der Waals surface area contributed by atoms with Gasteiger partial charge in [-0.2, -0.15) is 0 Å². The van der Waals surface area contributed by atoms with Crippen molar-refractivity contribution < 1.29 is 14.3 Å². The summed E-state index contributed by atoms with van der Waals surface area (Å²) in [6, 6.07) is 0. The molecule has 16 heavy (non-hydrogen) atoms. The molecule has 5 heteroatoms. The van der Waals surface area contributed by atoms with Gasteiger partial charge in [0.15, 0.2) is 6.29 Å². The molecule has 0 saturated heterocycles. The monoisotopic (exact) mass is 230 g/mol. The van der Waals surface area contributed by atoms with Crippen molar-refractivity contribution in [3.05, 3.63) is 0 Å². The predicted octanol–water partition coefficient (Wildman–Crippen LogP) is 0.982. The van der Waals surface area contributed by atoms with Crippen molar-refractivity contribution >= 4 is 12.6 Å². The van der Waals surface area contributed by atoms with Crippen LogP contribution in [-0.2, 0) is 14.3 Å². The summed E-state index contributed by atoms with van der Waals surface area (Å²) in [4.78, 5) is 14.8. The van der Waals surface area contributed by atoms with Gasteiger partial charge in [0.05, 0.1) is 0 Å². The van der Waals surface area contributed by atoms with E-state index < -0.39 is 0 Å². The number of rotatable bonds is 10. The molecule has 1 amide bonds. The van der Waals surface area contributed by atoms with Crippen LogP contribution in [0.1, 0.15) is 26.7 Å². The first-order chi connectivity index (χ1) is 7.74. The Hall–Kier alpha value is -0.940. The van der Waals surface area contributed by atoms with Gasteiger partial charge >= 0.3 is 0 Å². The molecule has 0 saturated carbocycles. The van der Waals surface area contributed by atoms with Crippen LogP contribution in [0.3, 0.4) is 0 Å². The van der Waals surface area contributed by atoms with Crippen molar-refractivity contribution in [2.75, 3.05) is 26.3 Å². The molecule has 0 radical (unpaired) electrons. The molecular weight excluding hydrogens is 208 g/mol. The zero-order valence-corrected chi connectivity index (χ0v) is 10.2. The summed E-state index contributed by atoms with van der Waals surface area (Å²) >= 11 is 0. The average Bonchev–Trinajstić information content (AvgIpc) is 2.27. The van der Waals surface area contributed by atoms with E-state index in [1.807, 2.05) is 13.8 Å². The molecule has 94 valence electrons. The molecule has 5 nitrogen and oxygen atoms in total. The Morgan fingerprint density at radius 3 is 2.50 bits per heavy atom. The van der Waals surface area contributed by atoms with E-state index in [0.717, 1.165) is 0 Å². The third kappa shape index (κ3) is 8.38. The minimum atomic E-state index is -0.229. The van der Waals surface area contributed by atoms with E-state index >= 15 is 0 Å². The second-order valence-corrected chi connectivity index (χ2v) is 3.18. The second-order valence-electron chi connectivity index (χ2n) is 3.18. The smallest absolute Gasteiger partial charge is 0.221 e. The zero-order chi connectivity index (χ0) is 12.2. The minimum Gasteiger partial charge on any atom is -0.356 e. The lowest BCUT2D eigenvalue weighted by Crippen LogP contribution is -2.29. The van der Waals surface area contributed by atoms with Gasteiger partial charge in [-0.1, -0.05) is 0 Å². The SMILES string of the molecule is C=NCCC(=O)NCCC(OCC)OCC. The molecule has 0 aliphatic heterocycles. The predicted molar refractivity (Wildman–Crippen MR) is 63.7 cm³/mol. The lowest BCUT2D eigenvalue weighted by atomic mass is 10.3. The number of nitrogens with zero attached hydrogens (tertiary/aromatic N) is 1. The molecule has 0 aromatic heterocycles. The lowest BCUT2D eigenvalue weighted by molar-refractivity contribution is -0.139. The van der Waals surface area contributed by atoms with E-state index in [2.05, 4.69) is 17.0 Å². The van der Waals surface area contributed by atoms with Gasteiger partial charge in [0.25, 0.3) is 0 Å². The van der Waals surface area contributed by atoms with Crippen molar-refractivity contribution in [2.45, 2.75) is 33.0 Å². The van der Waals surface area contributed by atoms with E-state index in [1.54, 1.807) is 0 Å². The highest BCUT2D eigenvalue weighted by atomic mass is 16.7. The fourth-order valence-corrected chi connectivity index (χ4v) is 1.18. The summed E-state index contributed by atoms with van der Waals surface area (Å²) in [6.45, 7) is 9.39. The van der Waals surface area contributed by atoms with Gasteiger partial charge in [-0.25, -0.2) is 0 Å². The molecule has 0 aliphatic rings. The van der Waals surface area contributed by atoms with Crippen LogP contribution >= 0.6 is 0 Å². The molecule has 0 spiro atoms. The van der Waals surface area contributed by atoms with Crippen molar-refractivity contribution in [3.8, 4) is 0 Å². The summed E-state index contributed by atoms with van der Waals surface area (Å²) in [5, 5.41) is 2.78. The molecular formula is C11H22N2O3. The molecule has 0 rings (SSSR count). The molecule has 1 N–H and O–H groups in total. The van der Waals surface area contributed by atoms with Gasteiger partial charge in [-0.05, 0) is 20.6 Å². The first-order valence-corrected chi connectivity index (χ1v) is 5.66. The van der Waals surface area contributed by atoms with Gasteiger partial charge in [0.2, 0.25) is 5.91 Å². The van der Waals surface area contributed by atoms with E-state index in [-0.39, 0.29) is 12.2 Å². The highest BCUT2D eigenvalue weighted by molar-refractivity contribution is 5.76. The molecule has 0 heterocycles. The molecule has 0 unspecified atom stereocenters. The van der Waals surface area contributed by atoms with Gasteiger partial charge in [0.1, 0.15) is 0 Å². The maximum Gasteiger partial charge on any atom is 0.221 e. The number of hydrogen-bond donors (Lipinski definition) is 1. The Kier molecular flexibility index (Phi) is 9.95. The Morgan fingerprint density at radius 2 is 2.00 bits per heavy atom. The van der Waals surface area contributed by atoms with Gasteiger partial charge in [-0.15, -0.1) is 0 Å². The quantitative estimate of drug-likeness (QED) is 0.449. The van der Waals surface area contributed by atoms with Crippen LogP contribution in [0, 0.1) is 0 Å². The topological polar surface area (TPSA) is 59.9 Å². The Labute approximate surface area is 97.2 Å². The molecule has 0 aromatic carbocycles. The van der Waals surface area contributed by atoms with Crippen molar-refractivity contribution in [2.24, 2.45) is 4.99 Å². The average molecular weight is 230 g/mol. The number of aliphatic imine (C=N–C) groups is 1. The first-order valence-electron chi connectivity index (χ1n) is 5.66. The Bertz CT molecular complexity index is 192. The summed E-state index contributed by atoms with van der Waals surface area (Å²) in [6.07, 6.45) is 0.819. The Morgan fingerprint density at radius 1 is 1.38 bits per heavy atom. The number of hydrogen-bond acceptors (Lipinski definition) is 4. The standard InChI is InChI=1S/C11H22N2O3/c1-4-15-11(16-5-2)7-9-13-10(14)6-8-12-3/h11H,3-9H2,1-2H3,(H,13,14). The van der Waals surface area contributed by atoms with Crippen LogP contribution in [0.5, 0.6) is 0 Å². The van der Waals surface area contributed by atoms with Crippen LogP contribution < -0.4 is 5.32 Å². The summed E-state index contributed by atoms with van der Waals surface area (Å²) in [7, 11) is 0. The van der Waals surface area contributed by atoms with Gasteiger partial charge in [-0.3, -0.25) is 4.79 Å². The van der Waals surface area contributed by atoms with E-state index in [4.69, 9.17) is 9.47 Å². The fourth-order valence-electron chi connectivity index (χ4n) is 1.18. The first kappa shape index (κ1) is 15.1. The molecule has 0 bridgehead atoms. The molecule has 0 atom stereocenters. The van der Waals surface area contributed by atoms with Crippen LogP contribution in [-0.4, -0.2) is 45.2 Å². The van der Waals surface area contributed by atoms with Crippen LogP contribution in [0.25, 0.3) is 0 Å². The number of nitrogens with one attached hydrogen (secondary N) is 1. The van der Waals surface area contributed by atoms with Crippen LogP contribution in [0.4, 0.5) is 0 Å². The normalized spacial score (nSPS) is 10.4. The molecule has 0 aromatic rings. The van der Waals surface area contributed by atoms with E-state index in [0.29, 0.717) is 39.1 Å². The van der Waals surface area contributed by atoms with Crippen LogP contribution in [0.15, 0.2) is 4.99 Å². The lowest BCUT2D eigenvalue weighted by Gasteiger charge is -2.16. The van der Waals surface area contributed by atoms with E-state index in [1.165, 1.54) is 0 Å².